The fourth-order valence-electron chi connectivity index (χ4n) is 2.03. The number of benzene rings is 1. The second-order valence-corrected chi connectivity index (χ2v) is 4.50. The number of amides is 1. The van der Waals surface area contributed by atoms with E-state index in [4.69, 9.17) is 10.3 Å². The number of carbonyl (C=O) groups excluding carboxylic acids is 1. The van der Waals surface area contributed by atoms with Crippen molar-refractivity contribution in [2.45, 2.75) is 6.61 Å². The number of hydrogen-bond donors (Lipinski definition) is 0. The highest BCUT2D eigenvalue weighted by atomic mass is 16.5. The number of rotatable bonds is 4. The Morgan fingerprint density at radius 3 is 2.86 bits per heavy atom. The molecule has 0 bridgehead atoms. The molecule has 1 aromatic carbocycles. The summed E-state index contributed by atoms with van der Waals surface area (Å²) in [7, 11) is 0. The molecule has 3 aromatic rings. The highest BCUT2D eigenvalue weighted by molar-refractivity contribution is 5.93. The summed E-state index contributed by atoms with van der Waals surface area (Å²) in [5, 5.41) is 3.04. The lowest BCUT2D eigenvalue weighted by Crippen LogP contribution is -1.97. The van der Waals surface area contributed by atoms with Gasteiger partial charge >= 0.3 is 0 Å². The van der Waals surface area contributed by atoms with Gasteiger partial charge < -0.3 is 9.14 Å². The van der Waals surface area contributed by atoms with Crippen LogP contribution in [0, 0.1) is 0 Å². The fraction of sp³-hybridized carbons (Fsp3) is 0.0667. The minimum Gasteiger partial charge on any atom is -0.485 e. The molecule has 2 aromatic heterocycles. The number of nitrogens with zero attached hydrogens (tertiary/aromatic N) is 5. The summed E-state index contributed by atoms with van der Waals surface area (Å²) in [5.41, 5.74) is 9.92. The van der Waals surface area contributed by atoms with E-state index in [0.717, 1.165) is 5.56 Å². The Kier molecular flexibility index (Phi) is 3.72. The monoisotopic (exact) mass is 293 g/mol. The zero-order valence-corrected chi connectivity index (χ0v) is 11.5. The van der Waals surface area contributed by atoms with Gasteiger partial charge in [-0.2, -0.15) is 0 Å². The topological polar surface area (TPSA) is 92.4 Å². The van der Waals surface area contributed by atoms with Gasteiger partial charge in [-0.1, -0.05) is 30.3 Å². The van der Waals surface area contributed by atoms with Crippen LogP contribution in [0.15, 0.2) is 60.0 Å². The molecule has 0 aliphatic carbocycles. The van der Waals surface area contributed by atoms with Crippen LogP contribution in [0.25, 0.3) is 16.1 Å². The van der Waals surface area contributed by atoms with Crippen LogP contribution in [-0.4, -0.2) is 15.3 Å². The van der Waals surface area contributed by atoms with Crippen LogP contribution in [0.2, 0.25) is 0 Å². The number of pyridine rings is 1. The molecule has 1 amide bonds. The van der Waals surface area contributed by atoms with Crippen molar-refractivity contribution >= 4 is 11.6 Å². The minimum atomic E-state index is -0.722. The third kappa shape index (κ3) is 2.74. The molecule has 0 saturated carbocycles. The maximum Gasteiger partial charge on any atom is 0.269 e. The van der Waals surface area contributed by atoms with Gasteiger partial charge in [0.2, 0.25) is 0 Å². The minimum absolute atomic E-state index is 0.0774. The highest BCUT2D eigenvalue weighted by Crippen LogP contribution is 2.20. The average Bonchev–Trinajstić information content (AvgIpc) is 2.99. The van der Waals surface area contributed by atoms with Gasteiger partial charge in [0.15, 0.2) is 11.4 Å². The molecule has 3 rings (SSSR count). The van der Waals surface area contributed by atoms with Crippen molar-refractivity contribution in [3.8, 4) is 5.75 Å². The van der Waals surface area contributed by atoms with Gasteiger partial charge in [-0.3, -0.25) is 4.79 Å². The third-order valence-corrected chi connectivity index (χ3v) is 3.04. The molecular formula is C15H11N5O2. The number of azide groups is 1. The lowest BCUT2D eigenvalue weighted by Gasteiger charge is -2.07. The molecule has 0 radical (unpaired) electrons. The van der Waals surface area contributed by atoms with Gasteiger partial charge in [-0.05, 0) is 28.3 Å². The fourth-order valence-corrected chi connectivity index (χ4v) is 2.03. The van der Waals surface area contributed by atoms with Gasteiger partial charge in [-0.15, -0.1) is 0 Å². The summed E-state index contributed by atoms with van der Waals surface area (Å²) in [6.45, 7) is 0.396. The Bertz CT molecular complexity index is 866. The smallest absolute Gasteiger partial charge is 0.269 e. The molecule has 2 heterocycles. The molecule has 0 aliphatic rings. The third-order valence-electron chi connectivity index (χ3n) is 3.04. The van der Waals surface area contributed by atoms with Gasteiger partial charge in [-0.25, -0.2) is 4.98 Å². The average molecular weight is 293 g/mol. The Hall–Kier alpha value is -3.31. The summed E-state index contributed by atoms with van der Waals surface area (Å²) in [5.74, 6) is -0.174. The molecular weight excluding hydrogens is 282 g/mol. The molecule has 7 heteroatoms. The van der Waals surface area contributed by atoms with Gasteiger partial charge in [0, 0.05) is 17.3 Å². The molecule has 108 valence electrons. The first-order valence-corrected chi connectivity index (χ1v) is 6.52. The Balaban J connectivity index is 1.89. The predicted molar refractivity (Wildman–Crippen MR) is 79.4 cm³/mol. The molecule has 7 nitrogen and oxygen atoms in total. The van der Waals surface area contributed by atoms with Crippen molar-refractivity contribution in [1.82, 2.24) is 9.38 Å². The van der Waals surface area contributed by atoms with Crippen LogP contribution in [0.5, 0.6) is 5.75 Å². The maximum absolute atomic E-state index is 11.6. The van der Waals surface area contributed by atoms with Crippen molar-refractivity contribution in [3.63, 3.8) is 0 Å². The summed E-state index contributed by atoms with van der Waals surface area (Å²) in [6.07, 6.45) is 3.24. The van der Waals surface area contributed by atoms with E-state index in [1.165, 1.54) is 6.20 Å². The summed E-state index contributed by atoms with van der Waals surface area (Å²) >= 11 is 0. The molecule has 0 unspecified atom stereocenters. The zero-order valence-electron chi connectivity index (χ0n) is 11.5. The second-order valence-electron chi connectivity index (χ2n) is 4.50. The molecule has 22 heavy (non-hydrogen) atoms. The number of imidazole rings is 1. The SMILES string of the molecule is [N-]=[N+]=NC(=O)c1cn2cccc(OCc3ccccc3)c2n1. The van der Waals surface area contributed by atoms with Crippen molar-refractivity contribution in [1.29, 1.82) is 0 Å². The van der Waals surface area contributed by atoms with E-state index in [2.05, 4.69) is 15.0 Å². The van der Waals surface area contributed by atoms with Crippen molar-refractivity contribution in [3.05, 3.63) is 76.6 Å². The first kappa shape index (κ1) is 13.7. The molecule has 0 spiro atoms. The largest absolute Gasteiger partial charge is 0.485 e. The quantitative estimate of drug-likeness (QED) is 0.419. The Morgan fingerprint density at radius 1 is 1.27 bits per heavy atom. The van der Waals surface area contributed by atoms with Crippen LogP contribution >= 0.6 is 0 Å². The lowest BCUT2D eigenvalue weighted by molar-refractivity contribution is 0.0996. The van der Waals surface area contributed by atoms with E-state index < -0.39 is 5.91 Å². The van der Waals surface area contributed by atoms with Gasteiger partial charge in [0.25, 0.3) is 5.91 Å². The molecule has 0 fully saturated rings. The second kappa shape index (κ2) is 5.99. The van der Waals surface area contributed by atoms with E-state index in [9.17, 15) is 4.79 Å². The van der Waals surface area contributed by atoms with E-state index in [1.807, 2.05) is 30.3 Å². The first-order valence-electron chi connectivity index (χ1n) is 6.52. The lowest BCUT2D eigenvalue weighted by atomic mass is 10.2. The highest BCUT2D eigenvalue weighted by Gasteiger charge is 2.12. The number of fused-ring (bicyclic) bond motifs is 1. The summed E-state index contributed by atoms with van der Waals surface area (Å²) < 4.78 is 7.41. The standard InChI is InChI=1S/C15H11N5O2/c16-19-18-15(21)12-9-20-8-4-7-13(14(20)17-12)22-10-11-5-2-1-3-6-11/h1-9H,10H2. The van der Waals surface area contributed by atoms with Crippen molar-refractivity contribution in [2.24, 2.45) is 5.11 Å². The Morgan fingerprint density at radius 2 is 2.09 bits per heavy atom. The number of carbonyl (C=O) groups is 1. The number of aromatic nitrogens is 2. The molecule has 0 N–H and O–H groups in total. The number of hydrogen-bond acceptors (Lipinski definition) is 3. The van der Waals surface area contributed by atoms with Crippen LogP contribution < -0.4 is 4.74 Å². The molecule has 0 atom stereocenters. The van der Waals surface area contributed by atoms with Crippen molar-refractivity contribution < 1.29 is 9.53 Å². The van der Waals surface area contributed by atoms with E-state index in [-0.39, 0.29) is 5.69 Å². The van der Waals surface area contributed by atoms with Gasteiger partial charge in [0.1, 0.15) is 12.3 Å². The van der Waals surface area contributed by atoms with Crippen LogP contribution in [0.3, 0.4) is 0 Å². The van der Waals surface area contributed by atoms with E-state index in [0.29, 0.717) is 18.0 Å². The van der Waals surface area contributed by atoms with E-state index in [1.54, 1.807) is 22.7 Å². The maximum atomic E-state index is 11.6. The Labute approximate surface area is 125 Å². The molecule has 0 aliphatic heterocycles. The van der Waals surface area contributed by atoms with Gasteiger partial charge in [0.05, 0.1) is 0 Å². The predicted octanol–water partition coefficient (Wildman–Crippen LogP) is 3.36. The summed E-state index contributed by atoms with van der Waals surface area (Å²) in [4.78, 5) is 18.2. The zero-order chi connectivity index (χ0) is 15.4. The van der Waals surface area contributed by atoms with Crippen LogP contribution in [0.4, 0.5) is 0 Å². The first-order chi connectivity index (χ1) is 10.8. The summed E-state index contributed by atoms with van der Waals surface area (Å²) in [6, 6.07) is 13.3. The number of ether oxygens (including phenoxy) is 1. The van der Waals surface area contributed by atoms with E-state index >= 15 is 0 Å². The van der Waals surface area contributed by atoms with Crippen LogP contribution in [-0.2, 0) is 6.61 Å². The molecule has 0 saturated heterocycles. The van der Waals surface area contributed by atoms with Crippen molar-refractivity contribution in [2.75, 3.05) is 0 Å². The van der Waals surface area contributed by atoms with Crippen LogP contribution in [0.1, 0.15) is 16.1 Å². The normalized spacial score (nSPS) is 10.2.